The molecule has 0 bridgehead atoms. The van der Waals surface area contributed by atoms with Crippen molar-refractivity contribution in [2.75, 3.05) is 11.7 Å². The van der Waals surface area contributed by atoms with Gasteiger partial charge in [0.25, 0.3) is 0 Å². The molecule has 4 aromatic rings. The van der Waals surface area contributed by atoms with Gasteiger partial charge in [-0.2, -0.15) is 0 Å². The highest BCUT2D eigenvalue weighted by molar-refractivity contribution is 8.20. The van der Waals surface area contributed by atoms with Gasteiger partial charge in [0.15, 0.2) is 0 Å². The lowest BCUT2D eigenvalue weighted by Gasteiger charge is -2.26. The Hall–Kier alpha value is -4.23. The molecule has 13 heteroatoms. The smallest absolute Gasteiger partial charge is 0.493 e. The molecule has 1 N–H and O–H groups in total. The summed E-state index contributed by atoms with van der Waals surface area (Å²) in [5.74, 6) is 0.174. The van der Waals surface area contributed by atoms with Crippen molar-refractivity contribution in [3.63, 3.8) is 0 Å². The van der Waals surface area contributed by atoms with Crippen LogP contribution < -0.4 is 14.2 Å². The van der Waals surface area contributed by atoms with Crippen LogP contribution in [0.1, 0.15) is 29.5 Å². The third kappa shape index (κ3) is 8.49. The van der Waals surface area contributed by atoms with Crippen molar-refractivity contribution in [1.82, 2.24) is 4.98 Å². The van der Waals surface area contributed by atoms with E-state index < -0.39 is 34.5 Å². The molecule has 0 saturated carbocycles. The Kier molecular flexibility index (Phi) is 9.59. The highest BCUT2D eigenvalue weighted by atomic mass is 32.2. The summed E-state index contributed by atoms with van der Waals surface area (Å²) < 4.78 is 70.2. The molecule has 5 rings (SSSR count). The molecule has 3 aromatic carbocycles. The van der Waals surface area contributed by atoms with Crippen LogP contribution in [0, 0.1) is 6.92 Å². The lowest BCUT2D eigenvalue weighted by molar-refractivity contribution is -0.274. The van der Waals surface area contributed by atoms with Crippen molar-refractivity contribution in [2.24, 2.45) is 0 Å². The van der Waals surface area contributed by atoms with Gasteiger partial charge in [-0.15, -0.1) is 24.9 Å². The molecule has 1 aliphatic rings. The van der Waals surface area contributed by atoms with Crippen molar-refractivity contribution < 1.29 is 45.9 Å². The second kappa shape index (κ2) is 13.4. The Morgan fingerprint density at radius 1 is 0.956 bits per heavy atom. The quantitative estimate of drug-likeness (QED) is 0.167. The predicted octanol–water partition coefficient (Wildman–Crippen LogP) is 7.39. The Morgan fingerprint density at radius 3 is 2.13 bits per heavy atom. The minimum absolute atomic E-state index is 0.0126. The van der Waals surface area contributed by atoms with Gasteiger partial charge in [0, 0.05) is 28.7 Å². The summed E-state index contributed by atoms with van der Waals surface area (Å²) in [6.07, 6.45) is -4.35. The first-order chi connectivity index (χ1) is 21.4. The zero-order valence-electron chi connectivity index (χ0n) is 24.1. The fourth-order valence-electron chi connectivity index (χ4n) is 4.50. The van der Waals surface area contributed by atoms with Crippen molar-refractivity contribution in [3.05, 3.63) is 101 Å². The van der Waals surface area contributed by atoms with E-state index in [4.69, 9.17) is 13.9 Å². The molecule has 0 aliphatic carbocycles. The van der Waals surface area contributed by atoms with Crippen LogP contribution in [0.4, 0.5) is 13.2 Å². The molecule has 0 radical (unpaired) electrons. The highest BCUT2D eigenvalue weighted by Gasteiger charge is 2.36. The Balaban J connectivity index is 1.15. The average molecular weight is 660 g/mol. The number of aliphatic carboxylic acids is 1. The van der Waals surface area contributed by atoms with Gasteiger partial charge in [0.2, 0.25) is 11.5 Å². The number of halogens is 3. The number of aryl methyl sites for hydroxylation is 1. The number of alkyl halides is 3. The van der Waals surface area contributed by atoms with E-state index in [1.807, 2.05) is 31.2 Å². The summed E-state index contributed by atoms with van der Waals surface area (Å²) in [6.45, 7) is 3.56. The Bertz CT molecular complexity index is 1700. The van der Waals surface area contributed by atoms with Gasteiger partial charge < -0.3 is 23.7 Å². The first-order valence-corrected chi connectivity index (χ1v) is 16.0. The van der Waals surface area contributed by atoms with Gasteiger partial charge in [-0.25, -0.2) is 9.78 Å². The van der Waals surface area contributed by atoms with Crippen LogP contribution in [0.25, 0.3) is 16.4 Å². The van der Waals surface area contributed by atoms with Gasteiger partial charge in [0.1, 0.15) is 23.0 Å². The van der Waals surface area contributed by atoms with E-state index in [0.717, 1.165) is 33.9 Å². The van der Waals surface area contributed by atoms with Crippen molar-refractivity contribution >= 4 is 33.4 Å². The normalized spacial score (nSPS) is 16.1. The van der Waals surface area contributed by atoms with Gasteiger partial charge in [0.05, 0.1) is 28.2 Å². The van der Waals surface area contributed by atoms with E-state index in [0.29, 0.717) is 41.1 Å². The number of thioether (sulfide) groups is 1. The summed E-state index contributed by atoms with van der Waals surface area (Å²) in [5.41, 5.74) is 1.57. The van der Waals surface area contributed by atoms with Crippen molar-refractivity contribution in [2.45, 2.75) is 38.7 Å². The summed E-state index contributed by atoms with van der Waals surface area (Å²) in [6, 6.07) is 19.2. The lowest BCUT2D eigenvalue weighted by atomic mass is 9.96. The molecule has 2 atom stereocenters. The Labute approximate surface area is 263 Å². The molecule has 8 nitrogen and oxygen atoms in total. The van der Waals surface area contributed by atoms with Crippen molar-refractivity contribution in [3.8, 4) is 28.7 Å². The van der Waals surface area contributed by atoms with Gasteiger partial charge >= 0.3 is 12.3 Å². The number of nitrogens with zero attached hydrogens (tertiary/aromatic N) is 1. The van der Waals surface area contributed by atoms with E-state index in [2.05, 4.69) is 9.72 Å². The SMILES string of the molecule is Cc1oc(-c2ccc(C3=CS(=O)CS3)cc2)nc1CCOc1ccc(CC(C)(Oc2ccc(OC(F)(F)F)cc2)C(=O)O)cc1. The van der Waals surface area contributed by atoms with Crippen molar-refractivity contribution in [1.29, 1.82) is 0 Å². The number of carboxylic acids is 1. The number of hydrogen-bond acceptors (Lipinski definition) is 8. The molecular weight excluding hydrogens is 631 g/mol. The summed E-state index contributed by atoms with van der Waals surface area (Å²) >= 11 is 1.57. The first-order valence-electron chi connectivity index (χ1n) is 13.7. The average Bonchev–Trinajstić information content (AvgIpc) is 3.59. The van der Waals surface area contributed by atoms with Gasteiger partial charge in [-0.3, -0.25) is 4.21 Å². The molecule has 1 aliphatic heterocycles. The topological polar surface area (TPSA) is 108 Å². The standard InChI is InChI=1S/C32H28F3NO7S2/c1-20-27(36-29(41-20)23-7-5-22(6-8-23)28-18-45(39)19-44-28)15-16-40-24-9-3-21(4-10-24)17-31(2,30(37)38)42-25-11-13-26(14-12-25)43-32(33,34)35/h3-14,18H,15-17,19H2,1-2H3,(H,37,38). The largest absolute Gasteiger partial charge is 0.573 e. The van der Waals surface area contributed by atoms with Gasteiger partial charge in [-0.1, -0.05) is 24.3 Å². The molecule has 45 heavy (non-hydrogen) atoms. The van der Waals surface area contributed by atoms with E-state index in [9.17, 15) is 27.3 Å². The molecule has 0 saturated heterocycles. The number of carboxylic acid groups (broad SMARTS) is 1. The van der Waals surface area contributed by atoms with E-state index >= 15 is 0 Å². The molecular formula is C32H28F3NO7S2. The van der Waals surface area contributed by atoms with Crippen LogP contribution in [0.5, 0.6) is 17.2 Å². The number of oxazole rings is 1. The number of ether oxygens (including phenoxy) is 3. The predicted molar refractivity (Wildman–Crippen MR) is 164 cm³/mol. The van der Waals surface area contributed by atoms with E-state index in [1.54, 1.807) is 41.4 Å². The maximum Gasteiger partial charge on any atom is 0.573 e. The third-order valence-electron chi connectivity index (χ3n) is 6.80. The molecule has 236 valence electrons. The highest BCUT2D eigenvalue weighted by Crippen LogP contribution is 2.35. The van der Waals surface area contributed by atoms with Crippen LogP contribution in [0.15, 0.2) is 82.6 Å². The van der Waals surface area contributed by atoms with Crippen LogP contribution in [0.3, 0.4) is 0 Å². The zero-order chi connectivity index (χ0) is 32.2. The molecule has 1 aromatic heterocycles. The minimum atomic E-state index is -4.84. The Morgan fingerprint density at radius 2 is 1.56 bits per heavy atom. The fraction of sp³-hybridized carbons (Fsp3) is 0.250. The van der Waals surface area contributed by atoms with Gasteiger partial charge in [-0.05, 0) is 73.5 Å². The van der Waals surface area contributed by atoms with Crippen LogP contribution >= 0.6 is 11.8 Å². The summed E-state index contributed by atoms with van der Waals surface area (Å²) in [4.78, 5) is 17.7. The molecule has 0 amide bonds. The maximum absolute atomic E-state index is 12.4. The molecule has 0 fully saturated rings. The second-order valence-corrected chi connectivity index (χ2v) is 13.0. The molecule has 0 spiro atoms. The number of hydrogen-bond donors (Lipinski definition) is 1. The number of aromatic nitrogens is 1. The minimum Gasteiger partial charge on any atom is -0.493 e. The summed E-state index contributed by atoms with van der Waals surface area (Å²) in [5, 5.41) is 12.2. The molecule has 2 unspecified atom stereocenters. The second-order valence-electron chi connectivity index (χ2n) is 10.3. The number of rotatable bonds is 12. The maximum atomic E-state index is 12.4. The van der Waals surface area contributed by atoms with E-state index in [-0.39, 0.29) is 12.2 Å². The molecule has 2 heterocycles. The summed E-state index contributed by atoms with van der Waals surface area (Å²) in [7, 11) is -0.926. The lowest BCUT2D eigenvalue weighted by Crippen LogP contribution is -2.43. The number of carbonyl (C=O) groups is 1. The van der Waals surface area contributed by atoms with Crippen LogP contribution in [0.2, 0.25) is 0 Å². The first kappa shape index (κ1) is 32.2. The fourth-order valence-corrected chi connectivity index (χ4v) is 7.02. The third-order valence-corrected chi connectivity index (χ3v) is 9.52. The zero-order valence-corrected chi connectivity index (χ0v) is 25.8. The van der Waals surface area contributed by atoms with Crippen LogP contribution in [-0.4, -0.2) is 43.9 Å². The number of benzene rings is 3. The van der Waals surface area contributed by atoms with E-state index in [1.165, 1.54) is 19.1 Å². The van der Waals surface area contributed by atoms with Crippen LogP contribution in [-0.2, 0) is 28.4 Å². The monoisotopic (exact) mass is 659 g/mol.